The zero-order valence-electron chi connectivity index (χ0n) is 14.2. The summed E-state index contributed by atoms with van der Waals surface area (Å²) in [6, 6.07) is 9.98. The third kappa shape index (κ3) is 4.36. The smallest absolute Gasteiger partial charge is 0.316 e. The number of carbonyl (C=O) groups is 3. The highest BCUT2D eigenvalue weighted by atomic mass is 16.2. The molecule has 2 heterocycles. The van der Waals surface area contributed by atoms with Crippen LogP contribution in [0.5, 0.6) is 0 Å². The summed E-state index contributed by atoms with van der Waals surface area (Å²) in [4.78, 5) is 40.2. The summed E-state index contributed by atoms with van der Waals surface area (Å²) in [5, 5.41) is 5.45. The highest BCUT2D eigenvalue weighted by Crippen LogP contribution is 2.16. The van der Waals surface area contributed by atoms with Gasteiger partial charge in [0.25, 0.3) is 0 Å². The van der Waals surface area contributed by atoms with Crippen molar-refractivity contribution >= 4 is 23.4 Å². The normalized spacial score (nSPS) is 18.7. The van der Waals surface area contributed by atoms with Crippen molar-refractivity contribution in [3.05, 3.63) is 30.3 Å². The maximum atomic E-state index is 12.3. The van der Waals surface area contributed by atoms with E-state index in [0.29, 0.717) is 39.0 Å². The van der Waals surface area contributed by atoms with Crippen LogP contribution in [0, 0.1) is 5.92 Å². The lowest BCUT2D eigenvalue weighted by molar-refractivity contribution is -0.148. The Bertz CT molecular complexity index is 620. The van der Waals surface area contributed by atoms with E-state index in [2.05, 4.69) is 15.5 Å². The average molecular weight is 344 g/mol. The molecule has 2 aliphatic heterocycles. The molecule has 7 heteroatoms. The molecule has 1 aromatic carbocycles. The fraction of sp³-hybridized carbons (Fsp3) is 0.500. The number of piperazine rings is 1. The summed E-state index contributed by atoms with van der Waals surface area (Å²) in [6.07, 6.45) is 1.39. The van der Waals surface area contributed by atoms with E-state index >= 15 is 0 Å². The Morgan fingerprint density at radius 2 is 1.60 bits per heavy atom. The SMILES string of the molecule is O=C(NC(=O)C1CCNCC1)C(=O)N1CCN(c2ccccc2)CC1. The fourth-order valence-corrected chi connectivity index (χ4v) is 3.30. The molecule has 2 N–H and O–H groups in total. The summed E-state index contributed by atoms with van der Waals surface area (Å²) < 4.78 is 0. The fourth-order valence-electron chi connectivity index (χ4n) is 3.30. The Kier molecular flexibility index (Phi) is 5.65. The van der Waals surface area contributed by atoms with Crippen molar-refractivity contribution in [2.24, 2.45) is 5.92 Å². The Morgan fingerprint density at radius 3 is 2.24 bits per heavy atom. The predicted molar refractivity (Wildman–Crippen MR) is 94.0 cm³/mol. The summed E-state index contributed by atoms with van der Waals surface area (Å²) >= 11 is 0. The minimum Gasteiger partial charge on any atom is -0.368 e. The van der Waals surface area contributed by atoms with Crippen molar-refractivity contribution in [3.8, 4) is 0 Å². The molecule has 1 aromatic rings. The van der Waals surface area contributed by atoms with Crippen LogP contribution in [0.4, 0.5) is 5.69 Å². The van der Waals surface area contributed by atoms with Gasteiger partial charge in [0.15, 0.2) is 0 Å². The van der Waals surface area contributed by atoms with Gasteiger partial charge in [-0.25, -0.2) is 0 Å². The monoisotopic (exact) mass is 344 g/mol. The van der Waals surface area contributed by atoms with E-state index in [-0.39, 0.29) is 11.8 Å². The first-order valence-electron chi connectivity index (χ1n) is 8.80. The van der Waals surface area contributed by atoms with Crippen molar-refractivity contribution in [1.82, 2.24) is 15.5 Å². The van der Waals surface area contributed by atoms with E-state index in [0.717, 1.165) is 18.8 Å². The van der Waals surface area contributed by atoms with Gasteiger partial charge in [-0.1, -0.05) is 18.2 Å². The number of rotatable bonds is 2. The Labute approximate surface area is 147 Å². The first kappa shape index (κ1) is 17.4. The van der Waals surface area contributed by atoms with Crippen molar-refractivity contribution in [3.63, 3.8) is 0 Å². The van der Waals surface area contributed by atoms with Crippen LogP contribution in [0.3, 0.4) is 0 Å². The lowest BCUT2D eigenvalue weighted by Gasteiger charge is -2.35. The standard InChI is InChI=1S/C18H24N4O3/c23-16(14-6-8-19-9-7-14)20-17(24)18(25)22-12-10-21(11-13-22)15-4-2-1-3-5-15/h1-5,14,19H,6-13H2,(H,20,23,24). The molecule has 7 nitrogen and oxygen atoms in total. The second kappa shape index (κ2) is 8.11. The molecule has 3 amide bonds. The van der Waals surface area contributed by atoms with Crippen molar-refractivity contribution in [2.45, 2.75) is 12.8 Å². The minimum absolute atomic E-state index is 0.187. The third-order valence-corrected chi connectivity index (χ3v) is 4.83. The lowest BCUT2D eigenvalue weighted by atomic mass is 9.97. The molecular weight excluding hydrogens is 320 g/mol. The van der Waals surface area contributed by atoms with Crippen molar-refractivity contribution in [2.75, 3.05) is 44.2 Å². The van der Waals surface area contributed by atoms with E-state index in [1.165, 1.54) is 4.90 Å². The maximum Gasteiger partial charge on any atom is 0.316 e. The van der Waals surface area contributed by atoms with Crippen LogP contribution in [0.15, 0.2) is 30.3 Å². The van der Waals surface area contributed by atoms with Crippen LogP contribution in [0.25, 0.3) is 0 Å². The molecule has 0 atom stereocenters. The molecule has 0 radical (unpaired) electrons. The van der Waals surface area contributed by atoms with Gasteiger partial charge in [-0.05, 0) is 38.1 Å². The zero-order valence-corrected chi connectivity index (χ0v) is 14.2. The number of carbonyl (C=O) groups excluding carboxylic acids is 3. The second-order valence-corrected chi connectivity index (χ2v) is 6.46. The Morgan fingerprint density at radius 1 is 0.960 bits per heavy atom. The van der Waals surface area contributed by atoms with E-state index in [1.807, 2.05) is 30.3 Å². The van der Waals surface area contributed by atoms with Crippen LogP contribution < -0.4 is 15.5 Å². The van der Waals surface area contributed by atoms with Gasteiger partial charge in [-0.3, -0.25) is 19.7 Å². The number of piperidine rings is 1. The maximum absolute atomic E-state index is 12.3. The summed E-state index contributed by atoms with van der Waals surface area (Å²) in [5.41, 5.74) is 1.11. The predicted octanol–water partition coefficient (Wildman–Crippen LogP) is -0.0224. The largest absolute Gasteiger partial charge is 0.368 e. The molecule has 0 saturated carbocycles. The number of nitrogens with one attached hydrogen (secondary N) is 2. The first-order valence-corrected chi connectivity index (χ1v) is 8.80. The van der Waals surface area contributed by atoms with E-state index < -0.39 is 11.8 Å². The molecular formula is C18H24N4O3. The second-order valence-electron chi connectivity index (χ2n) is 6.46. The van der Waals surface area contributed by atoms with Crippen molar-refractivity contribution < 1.29 is 14.4 Å². The van der Waals surface area contributed by atoms with Gasteiger partial charge in [0.2, 0.25) is 5.91 Å². The van der Waals surface area contributed by atoms with Crippen LogP contribution in [-0.2, 0) is 14.4 Å². The van der Waals surface area contributed by atoms with Crippen LogP contribution in [0.2, 0.25) is 0 Å². The van der Waals surface area contributed by atoms with Gasteiger partial charge in [0.1, 0.15) is 0 Å². The van der Waals surface area contributed by atoms with Gasteiger partial charge in [-0.15, -0.1) is 0 Å². The quantitative estimate of drug-likeness (QED) is 0.737. The van der Waals surface area contributed by atoms with Crippen molar-refractivity contribution in [1.29, 1.82) is 0 Å². The summed E-state index contributed by atoms with van der Waals surface area (Å²) in [5.74, 6) is -1.94. The van der Waals surface area contributed by atoms with Gasteiger partial charge in [0, 0.05) is 37.8 Å². The number of hydrogen-bond donors (Lipinski definition) is 2. The number of hydrogen-bond acceptors (Lipinski definition) is 5. The summed E-state index contributed by atoms with van der Waals surface area (Å²) in [6.45, 7) is 3.82. The highest BCUT2D eigenvalue weighted by Gasteiger charge is 2.29. The molecule has 25 heavy (non-hydrogen) atoms. The van der Waals surface area contributed by atoms with E-state index in [4.69, 9.17) is 0 Å². The number of imide groups is 1. The topological polar surface area (TPSA) is 81.8 Å². The minimum atomic E-state index is -0.809. The van der Waals surface area contributed by atoms with Crippen LogP contribution in [-0.4, -0.2) is 61.9 Å². The van der Waals surface area contributed by atoms with E-state index in [9.17, 15) is 14.4 Å². The molecule has 0 aromatic heterocycles. The lowest BCUT2D eigenvalue weighted by Crippen LogP contribution is -2.54. The molecule has 2 fully saturated rings. The number of anilines is 1. The molecule has 0 spiro atoms. The van der Waals surface area contributed by atoms with E-state index in [1.54, 1.807) is 0 Å². The molecule has 3 rings (SSSR count). The number of nitrogens with zero attached hydrogens (tertiary/aromatic N) is 2. The van der Waals surface area contributed by atoms with Crippen LogP contribution in [0.1, 0.15) is 12.8 Å². The van der Waals surface area contributed by atoms with Crippen LogP contribution >= 0.6 is 0 Å². The first-order chi connectivity index (χ1) is 12.1. The number of benzene rings is 1. The molecule has 134 valence electrons. The Hall–Kier alpha value is -2.41. The molecule has 0 aliphatic carbocycles. The van der Waals surface area contributed by atoms with Gasteiger partial charge >= 0.3 is 11.8 Å². The molecule has 2 aliphatic rings. The third-order valence-electron chi connectivity index (χ3n) is 4.83. The van der Waals surface area contributed by atoms with Gasteiger partial charge in [0.05, 0.1) is 0 Å². The molecule has 0 unspecified atom stereocenters. The average Bonchev–Trinajstić information content (AvgIpc) is 2.69. The zero-order chi connectivity index (χ0) is 17.6. The number of para-hydroxylation sites is 1. The Balaban J connectivity index is 1.48. The van der Waals surface area contributed by atoms with Gasteiger partial charge in [-0.2, -0.15) is 0 Å². The highest BCUT2D eigenvalue weighted by molar-refractivity contribution is 6.37. The van der Waals surface area contributed by atoms with Gasteiger partial charge < -0.3 is 15.1 Å². The molecule has 2 saturated heterocycles. The summed E-state index contributed by atoms with van der Waals surface area (Å²) in [7, 11) is 0. The molecule has 0 bridgehead atoms. The number of amides is 3.